The number of carbonyl (C=O) groups excluding carboxylic acids is 1. The third kappa shape index (κ3) is 5.43. The average molecular weight is 363 g/mol. The number of amides is 1. The maximum atomic E-state index is 11.2. The second kappa shape index (κ2) is 8.66. The number of rotatable bonds is 7. The Morgan fingerprint density at radius 1 is 0.963 bits per heavy atom. The molecule has 0 radical (unpaired) electrons. The van der Waals surface area contributed by atoms with E-state index in [0.29, 0.717) is 17.4 Å². The summed E-state index contributed by atoms with van der Waals surface area (Å²) in [4.78, 5) is 19.7. The van der Waals surface area contributed by atoms with Gasteiger partial charge in [0.2, 0.25) is 0 Å². The fourth-order valence-corrected chi connectivity index (χ4v) is 2.37. The van der Waals surface area contributed by atoms with Crippen LogP contribution < -0.4 is 20.7 Å². The van der Waals surface area contributed by atoms with Gasteiger partial charge < -0.3 is 20.7 Å². The molecule has 1 aromatic heterocycles. The van der Waals surface area contributed by atoms with Crippen LogP contribution in [0.5, 0.6) is 5.75 Å². The molecule has 2 aromatic carbocycles. The van der Waals surface area contributed by atoms with E-state index < -0.39 is 0 Å². The van der Waals surface area contributed by atoms with E-state index in [-0.39, 0.29) is 12.5 Å². The van der Waals surface area contributed by atoms with E-state index in [1.165, 1.54) is 11.9 Å². The van der Waals surface area contributed by atoms with E-state index in [4.69, 9.17) is 4.74 Å². The minimum absolute atomic E-state index is 0.0107. The molecule has 1 heterocycles. The monoisotopic (exact) mass is 363 g/mol. The topological polar surface area (TPSA) is 88.2 Å². The molecule has 0 atom stereocenters. The predicted molar refractivity (Wildman–Crippen MR) is 106 cm³/mol. The fourth-order valence-electron chi connectivity index (χ4n) is 2.37. The van der Waals surface area contributed by atoms with Gasteiger partial charge in [0.15, 0.2) is 6.61 Å². The van der Waals surface area contributed by atoms with Gasteiger partial charge in [0.25, 0.3) is 5.91 Å². The first kappa shape index (κ1) is 18.2. The van der Waals surface area contributed by atoms with E-state index in [0.717, 1.165) is 11.4 Å². The molecule has 0 bridgehead atoms. The molecule has 0 unspecified atom stereocenters. The second-order valence-corrected chi connectivity index (χ2v) is 5.89. The van der Waals surface area contributed by atoms with Crippen LogP contribution in [0.4, 0.5) is 23.0 Å². The van der Waals surface area contributed by atoms with Crippen molar-refractivity contribution < 1.29 is 9.53 Å². The zero-order chi connectivity index (χ0) is 19.1. The van der Waals surface area contributed by atoms with Gasteiger partial charge in [-0.25, -0.2) is 9.97 Å². The van der Waals surface area contributed by atoms with Gasteiger partial charge in [0.1, 0.15) is 23.7 Å². The zero-order valence-corrected chi connectivity index (χ0v) is 15.2. The Labute approximate surface area is 157 Å². The molecule has 3 rings (SSSR count). The summed E-state index contributed by atoms with van der Waals surface area (Å²) in [7, 11) is 1.57. The first-order valence-corrected chi connectivity index (χ1v) is 8.48. The molecule has 138 valence electrons. The molecule has 7 heteroatoms. The van der Waals surface area contributed by atoms with Crippen LogP contribution in [-0.4, -0.2) is 29.5 Å². The van der Waals surface area contributed by atoms with Gasteiger partial charge in [-0.3, -0.25) is 4.79 Å². The highest BCUT2D eigenvalue weighted by molar-refractivity contribution is 5.77. The summed E-state index contributed by atoms with van der Waals surface area (Å²) in [5.41, 5.74) is 2.99. The molecule has 0 aliphatic heterocycles. The van der Waals surface area contributed by atoms with Crippen LogP contribution in [0.1, 0.15) is 5.56 Å². The normalized spacial score (nSPS) is 10.1. The SMILES string of the molecule is CNC(=O)COc1ccc(Nc2cc(Nc3cccc(C)c3)ncn2)cc1. The number of hydrogen-bond acceptors (Lipinski definition) is 6. The number of aromatic nitrogens is 2. The van der Waals surface area contributed by atoms with Gasteiger partial charge in [-0.2, -0.15) is 0 Å². The van der Waals surface area contributed by atoms with E-state index in [1.54, 1.807) is 19.2 Å². The van der Waals surface area contributed by atoms with Crippen LogP contribution in [0.25, 0.3) is 0 Å². The van der Waals surface area contributed by atoms with Crippen molar-refractivity contribution in [1.29, 1.82) is 0 Å². The summed E-state index contributed by atoms with van der Waals surface area (Å²) in [6, 6.07) is 17.2. The molecule has 0 aliphatic rings. The van der Waals surface area contributed by atoms with Crippen LogP contribution in [0, 0.1) is 6.92 Å². The Balaban J connectivity index is 1.63. The summed E-state index contributed by atoms with van der Waals surface area (Å²) in [5.74, 6) is 1.81. The maximum Gasteiger partial charge on any atom is 0.257 e. The molecule has 0 saturated carbocycles. The van der Waals surface area contributed by atoms with Gasteiger partial charge in [-0.15, -0.1) is 0 Å². The summed E-state index contributed by atoms with van der Waals surface area (Å²) < 4.78 is 5.38. The highest BCUT2D eigenvalue weighted by Gasteiger charge is 2.03. The van der Waals surface area contributed by atoms with Gasteiger partial charge in [-0.05, 0) is 48.9 Å². The Morgan fingerprint density at radius 2 is 1.67 bits per heavy atom. The first-order valence-electron chi connectivity index (χ1n) is 8.48. The van der Waals surface area contributed by atoms with Crippen LogP contribution in [-0.2, 0) is 4.79 Å². The highest BCUT2D eigenvalue weighted by Crippen LogP contribution is 2.21. The van der Waals surface area contributed by atoms with Gasteiger partial charge in [0, 0.05) is 24.5 Å². The predicted octanol–water partition coefficient (Wildman–Crippen LogP) is 3.40. The molecule has 3 aromatic rings. The Morgan fingerprint density at radius 3 is 2.33 bits per heavy atom. The number of benzene rings is 2. The highest BCUT2D eigenvalue weighted by atomic mass is 16.5. The number of nitrogens with one attached hydrogen (secondary N) is 3. The molecule has 0 fully saturated rings. The van der Waals surface area contributed by atoms with E-state index in [9.17, 15) is 4.79 Å². The van der Waals surface area contributed by atoms with Crippen molar-refractivity contribution in [3.63, 3.8) is 0 Å². The largest absolute Gasteiger partial charge is 0.484 e. The van der Waals surface area contributed by atoms with Crippen molar-refractivity contribution in [2.24, 2.45) is 0 Å². The smallest absolute Gasteiger partial charge is 0.257 e. The van der Waals surface area contributed by atoms with Crippen molar-refractivity contribution in [3.8, 4) is 5.75 Å². The lowest BCUT2D eigenvalue weighted by atomic mass is 10.2. The quantitative estimate of drug-likeness (QED) is 0.596. The summed E-state index contributed by atoms with van der Waals surface area (Å²) in [6.45, 7) is 2.03. The number of ether oxygens (including phenoxy) is 1. The number of anilines is 4. The Bertz CT molecular complexity index is 912. The summed E-state index contributed by atoms with van der Waals surface area (Å²) in [6.07, 6.45) is 1.50. The van der Waals surface area contributed by atoms with Crippen molar-refractivity contribution in [3.05, 3.63) is 66.5 Å². The van der Waals surface area contributed by atoms with Gasteiger partial charge in [0.05, 0.1) is 0 Å². The van der Waals surface area contributed by atoms with Crippen LogP contribution in [0.2, 0.25) is 0 Å². The van der Waals surface area contributed by atoms with E-state index in [1.807, 2.05) is 49.4 Å². The summed E-state index contributed by atoms with van der Waals surface area (Å²) >= 11 is 0. The van der Waals surface area contributed by atoms with Crippen molar-refractivity contribution >= 4 is 28.9 Å². The molecular formula is C20H21N5O2. The third-order valence-corrected chi connectivity index (χ3v) is 3.73. The second-order valence-electron chi connectivity index (χ2n) is 5.89. The number of likely N-dealkylation sites (N-methyl/N-ethyl adjacent to an activating group) is 1. The van der Waals surface area contributed by atoms with E-state index in [2.05, 4.69) is 25.9 Å². The lowest BCUT2D eigenvalue weighted by Gasteiger charge is -2.10. The van der Waals surface area contributed by atoms with Crippen molar-refractivity contribution in [1.82, 2.24) is 15.3 Å². The average Bonchev–Trinajstić information content (AvgIpc) is 2.67. The molecule has 3 N–H and O–H groups in total. The molecule has 0 aliphatic carbocycles. The van der Waals surface area contributed by atoms with E-state index >= 15 is 0 Å². The lowest BCUT2D eigenvalue weighted by molar-refractivity contribution is -0.122. The number of carbonyl (C=O) groups is 1. The number of aryl methyl sites for hydroxylation is 1. The van der Waals surface area contributed by atoms with Crippen LogP contribution >= 0.6 is 0 Å². The Hall–Kier alpha value is -3.61. The molecule has 0 spiro atoms. The first-order chi connectivity index (χ1) is 13.1. The van der Waals surface area contributed by atoms with Crippen LogP contribution in [0.3, 0.4) is 0 Å². The lowest BCUT2D eigenvalue weighted by Crippen LogP contribution is -2.24. The number of hydrogen-bond donors (Lipinski definition) is 3. The zero-order valence-electron chi connectivity index (χ0n) is 15.2. The molecule has 1 amide bonds. The van der Waals surface area contributed by atoms with Crippen LogP contribution in [0.15, 0.2) is 60.9 Å². The van der Waals surface area contributed by atoms with Gasteiger partial charge >= 0.3 is 0 Å². The standard InChI is InChI=1S/C20H21N5O2/c1-14-4-3-5-16(10-14)25-19-11-18(22-13-23-19)24-15-6-8-17(9-7-15)27-12-20(26)21-2/h3-11,13H,12H2,1-2H3,(H,21,26)(H2,22,23,24,25). The van der Waals surface area contributed by atoms with Crippen molar-refractivity contribution in [2.45, 2.75) is 6.92 Å². The molecule has 7 nitrogen and oxygen atoms in total. The van der Waals surface area contributed by atoms with Crippen molar-refractivity contribution in [2.75, 3.05) is 24.3 Å². The minimum Gasteiger partial charge on any atom is -0.484 e. The third-order valence-electron chi connectivity index (χ3n) is 3.73. The Kier molecular flexibility index (Phi) is 5.84. The molecule has 0 saturated heterocycles. The maximum absolute atomic E-state index is 11.2. The minimum atomic E-state index is -0.174. The van der Waals surface area contributed by atoms with Gasteiger partial charge in [-0.1, -0.05) is 12.1 Å². The fraction of sp³-hybridized carbons (Fsp3) is 0.150. The molecule has 27 heavy (non-hydrogen) atoms. The summed E-state index contributed by atoms with van der Waals surface area (Å²) in [5, 5.41) is 8.99. The number of nitrogens with zero attached hydrogens (tertiary/aromatic N) is 2. The molecular weight excluding hydrogens is 342 g/mol.